The average molecular weight is 381 g/mol. The number of carbonyl (C=O) groups is 1. The molecule has 144 valence electrons. The molecule has 0 bridgehead atoms. The monoisotopic (exact) mass is 380 g/mol. The molecule has 1 aromatic carbocycles. The first-order valence-electron chi connectivity index (χ1n) is 9.07. The van der Waals surface area contributed by atoms with E-state index in [0.29, 0.717) is 18.1 Å². The predicted octanol–water partition coefficient (Wildman–Crippen LogP) is 2.53. The summed E-state index contributed by atoms with van der Waals surface area (Å²) < 4.78 is 5.85. The summed E-state index contributed by atoms with van der Waals surface area (Å²) in [5.41, 5.74) is 0. The van der Waals surface area contributed by atoms with E-state index in [-0.39, 0.29) is 24.0 Å². The SMILES string of the molecule is CN=C(NCC(C)Oc1ccc(Cl)cc1)NC1CCN(C(=O)C(C)C)C1. The van der Waals surface area contributed by atoms with E-state index in [1.807, 2.05) is 49.9 Å². The van der Waals surface area contributed by atoms with Gasteiger partial charge in [-0.2, -0.15) is 0 Å². The zero-order valence-corrected chi connectivity index (χ0v) is 16.7. The molecule has 0 radical (unpaired) electrons. The molecular formula is C19H29ClN4O2. The number of nitrogens with one attached hydrogen (secondary N) is 2. The summed E-state index contributed by atoms with van der Waals surface area (Å²) >= 11 is 5.88. The topological polar surface area (TPSA) is 66.0 Å². The second kappa shape index (κ2) is 9.67. The molecular weight excluding hydrogens is 352 g/mol. The minimum atomic E-state index is -0.0303. The molecule has 1 saturated heterocycles. The molecule has 6 nitrogen and oxygen atoms in total. The summed E-state index contributed by atoms with van der Waals surface area (Å²) in [5.74, 6) is 1.75. The molecule has 0 saturated carbocycles. The van der Waals surface area contributed by atoms with Gasteiger partial charge in [0.05, 0.1) is 6.54 Å². The third-order valence-electron chi connectivity index (χ3n) is 4.27. The van der Waals surface area contributed by atoms with Crippen LogP contribution in [0.15, 0.2) is 29.3 Å². The van der Waals surface area contributed by atoms with Crippen LogP contribution in [0.1, 0.15) is 27.2 Å². The lowest BCUT2D eigenvalue weighted by atomic mass is 10.2. The van der Waals surface area contributed by atoms with Crippen molar-refractivity contribution in [1.29, 1.82) is 0 Å². The second-order valence-electron chi connectivity index (χ2n) is 6.90. The number of aliphatic imine (C=N–C) groups is 1. The van der Waals surface area contributed by atoms with Crippen molar-refractivity contribution < 1.29 is 9.53 Å². The number of hydrogen-bond donors (Lipinski definition) is 2. The van der Waals surface area contributed by atoms with E-state index in [9.17, 15) is 4.79 Å². The number of ether oxygens (including phenoxy) is 1. The Kier molecular flexibility index (Phi) is 7.57. The molecule has 26 heavy (non-hydrogen) atoms. The molecule has 2 N–H and O–H groups in total. The Morgan fingerprint density at radius 3 is 2.65 bits per heavy atom. The van der Waals surface area contributed by atoms with E-state index in [2.05, 4.69) is 15.6 Å². The molecule has 1 amide bonds. The lowest BCUT2D eigenvalue weighted by Gasteiger charge is -2.21. The Hall–Kier alpha value is -1.95. The maximum atomic E-state index is 12.1. The third kappa shape index (κ3) is 6.09. The van der Waals surface area contributed by atoms with Crippen LogP contribution in [-0.2, 0) is 4.79 Å². The molecule has 0 spiro atoms. The average Bonchev–Trinajstić information content (AvgIpc) is 3.08. The molecule has 2 rings (SSSR count). The summed E-state index contributed by atoms with van der Waals surface area (Å²) in [5, 5.41) is 7.36. The smallest absolute Gasteiger partial charge is 0.225 e. The van der Waals surface area contributed by atoms with E-state index < -0.39 is 0 Å². The first-order valence-corrected chi connectivity index (χ1v) is 9.45. The zero-order chi connectivity index (χ0) is 19.1. The Morgan fingerprint density at radius 2 is 2.04 bits per heavy atom. The van der Waals surface area contributed by atoms with Gasteiger partial charge in [-0.05, 0) is 37.6 Å². The summed E-state index contributed by atoms with van der Waals surface area (Å²) in [7, 11) is 1.74. The molecule has 1 heterocycles. The van der Waals surface area contributed by atoms with Crippen LogP contribution in [0.4, 0.5) is 0 Å². The Labute approximate surface area is 161 Å². The fourth-order valence-corrected chi connectivity index (χ4v) is 2.98. The molecule has 1 aromatic rings. The second-order valence-corrected chi connectivity index (χ2v) is 7.34. The zero-order valence-electron chi connectivity index (χ0n) is 16.0. The van der Waals surface area contributed by atoms with Crippen LogP contribution >= 0.6 is 11.6 Å². The molecule has 1 aliphatic rings. The van der Waals surface area contributed by atoms with Gasteiger partial charge in [-0.1, -0.05) is 25.4 Å². The summed E-state index contributed by atoms with van der Waals surface area (Å²) in [4.78, 5) is 18.3. The van der Waals surface area contributed by atoms with Crippen LogP contribution in [0.25, 0.3) is 0 Å². The molecule has 1 fully saturated rings. The fourth-order valence-electron chi connectivity index (χ4n) is 2.86. The molecule has 1 aliphatic heterocycles. The van der Waals surface area contributed by atoms with Crippen molar-refractivity contribution in [3.63, 3.8) is 0 Å². The van der Waals surface area contributed by atoms with Crippen molar-refractivity contribution in [2.75, 3.05) is 26.7 Å². The van der Waals surface area contributed by atoms with Gasteiger partial charge in [0.1, 0.15) is 11.9 Å². The van der Waals surface area contributed by atoms with Gasteiger partial charge >= 0.3 is 0 Å². The predicted molar refractivity (Wildman–Crippen MR) is 106 cm³/mol. The normalized spacial score (nSPS) is 18.8. The number of amides is 1. The van der Waals surface area contributed by atoms with Crippen molar-refractivity contribution in [3.05, 3.63) is 29.3 Å². The highest BCUT2D eigenvalue weighted by Gasteiger charge is 2.27. The number of guanidine groups is 1. The van der Waals surface area contributed by atoms with Gasteiger partial charge in [0.15, 0.2) is 5.96 Å². The van der Waals surface area contributed by atoms with Crippen molar-refractivity contribution in [3.8, 4) is 5.75 Å². The van der Waals surface area contributed by atoms with Gasteiger partial charge in [-0.3, -0.25) is 9.79 Å². The maximum absolute atomic E-state index is 12.1. The van der Waals surface area contributed by atoms with Gasteiger partial charge in [-0.15, -0.1) is 0 Å². The van der Waals surface area contributed by atoms with Crippen LogP contribution in [-0.4, -0.2) is 55.6 Å². The summed E-state index contributed by atoms with van der Waals surface area (Å²) in [6.07, 6.45) is 0.896. The van der Waals surface area contributed by atoms with E-state index in [1.54, 1.807) is 7.05 Å². The van der Waals surface area contributed by atoms with Gasteiger partial charge in [0.2, 0.25) is 5.91 Å². The number of benzene rings is 1. The number of rotatable bonds is 6. The summed E-state index contributed by atoms with van der Waals surface area (Å²) in [6.45, 7) is 7.99. The van der Waals surface area contributed by atoms with Crippen LogP contribution in [0.3, 0.4) is 0 Å². The highest BCUT2D eigenvalue weighted by atomic mass is 35.5. The number of nitrogens with zero attached hydrogens (tertiary/aromatic N) is 2. The van der Waals surface area contributed by atoms with Gasteiger partial charge in [0.25, 0.3) is 0 Å². The van der Waals surface area contributed by atoms with Crippen molar-refractivity contribution in [1.82, 2.24) is 15.5 Å². The van der Waals surface area contributed by atoms with Crippen molar-refractivity contribution >= 4 is 23.5 Å². The van der Waals surface area contributed by atoms with Crippen molar-refractivity contribution in [2.24, 2.45) is 10.9 Å². The number of likely N-dealkylation sites (tertiary alicyclic amines) is 1. The van der Waals surface area contributed by atoms with E-state index in [4.69, 9.17) is 16.3 Å². The summed E-state index contributed by atoms with van der Waals surface area (Å²) in [6, 6.07) is 7.54. The lowest BCUT2D eigenvalue weighted by Crippen LogP contribution is -2.47. The molecule has 0 aliphatic carbocycles. The number of halogens is 1. The molecule has 2 atom stereocenters. The Morgan fingerprint density at radius 1 is 1.35 bits per heavy atom. The number of carbonyl (C=O) groups excluding carboxylic acids is 1. The number of hydrogen-bond acceptors (Lipinski definition) is 3. The van der Waals surface area contributed by atoms with E-state index >= 15 is 0 Å². The quantitative estimate of drug-likeness (QED) is 0.588. The van der Waals surface area contributed by atoms with Gasteiger partial charge < -0.3 is 20.3 Å². The third-order valence-corrected chi connectivity index (χ3v) is 4.52. The molecule has 0 aromatic heterocycles. The van der Waals surface area contributed by atoms with Crippen molar-refractivity contribution in [2.45, 2.75) is 39.3 Å². The molecule has 7 heteroatoms. The minimum Gasteiger partial charge on any atom is -0.489 e. The Bertz CT molecular complexity index is 618. The fraction of sp³-hybridized carbons (Fsp3) is 0.579. The highest BCUT2D eigenvalue weighted by Crippen LogP contribution is 2.16. The van der Waals surface area contributed by atoms with Crippen LogP contribution < -0.4 is 15.4 Å². The Balaban J connectivity index is 1.75. The standard InChI is InChI=1S/C19H29ClN4O2/c1-13(2)18(25)24-10-9-16(12-24)23-19(21-4)22-11-14(3)26-17-7-5-15(20)6-8-17/h5-8,13-14,16H,9-12H2,1-4H3,(H2,21,22,23). The van der Waals surface area contributed by atoms with Gasteiger partial charge in [0, 0.05) is 37.1 Å². The van der Waals surface area contributed by atoms with Crippen LogP contribution in [0.5, 0.6) is 5.75 Å². The largest absolute Gasteiger partial charge is 0.489 e. The van der Waals surface area contributed by atoms with E-state index in [0.717, 1.165) is 24.7 Å². The maximum Gasteiger partial charge on any atom is 0.225 e. The highest BCUT2D eigenvalue weighted by molar-refractivity contribution is 6.30. The minimum absolute atomic E-state index is 0.0303. The first-order chi connectivity index (χ1) is 12.4. The first kappa shape index (κ1) is 20.4. The van der Waals surface area contributed by atoms with Crippen LogP contribution in [0.2, 0.25) is 5.02 Å². The van der Waals surface area contributed by atoms with Gasteiger partial charge in [-0.25, -0.2) is 0 Å². The lowest BCUT2D eigenvalue weighted by molar-refractivity contribution is -0.133. The van der Waals surface area contributed by atoms with E-state index in [1.165, 1.54) is 0 Å². The van der Waals surface area contributed by atoms with Crippen LogP contribution in [0, 0.1) is 5.92 Å². The molecule has 2 unspecified atom stereocenters.